The van der Waals surface area contributed by atoms with Crippen LogP contribution in [-0.4, -0.2) is 23.9 Å². The predicted molar refractivity (Wildman–Crippen MR) is 70.6 cm³/mol. The van der Waals surface area contributed by atoms with Crippen LogP contribution in [0.2, 0.25) is 0 Å². The van der Waals surface area contributed by atoms with Crippen molar-refractivity contribution in [3.05, 3.63) is 35.4 Å². The standard InChI is InChI=1S/C15H19NO/c1-4-12-16(5-2)15(17)11-10-14-8-6-13(3)7-9-14/h1,6-9H,5,10-12H2,2-3H3. The molecule has 0 aliphatic rings. The van der Waals surface area contributed by atoms with Crippen LogP contribution >= 0.6 is 0 Å². The Bertz CT molecular complexity index is 400. The summed E-state index contributed by atoms with van der Waals surface area (Å²) in [5.74, 6) is 2.64. The van der Waals surface area contributed by atoms with Crippen LogP contribution < -0.4 is 0 Å². The molecule has 2 heteroatoms. The van der Waals surface area contributed by atoms with Gasteiger partial charge in [-0.1, -0.05) is 35.7 Å². The quantitative estimate of drug-likeness (QED) is 0.710. The highest BCUT2D eigenvalue weighted by molar-refractivity contribution is 5.76. The number of rotatable bonds is 5. The zero-order valence-electron chi connectivity index (χ0n) is 10.6. The summed E-state index contributed by atoms with van der Waals surface area (Å²) in [6.07, 6.45) is 6.53. The Morgan fingerprint density at radius 3 is 2.53 bits per heavy atom. The third-order valence-electron chi connectivity index (χ3n) is 2.76. The Balaban J connectivity index is 2.47. The number of nitrogens with zero attached hydrogens (tertiary/aromatic N) is 1. The maximum atomic E-state index is 11.8. The summed E-state index contributed by atoms with van der Waals surface area (Å²) in [4.78, 5) is 13.5. The highest BCUT2D eigenvalue weighted by Gasteiger charge is 2.09. The van der Waals surface area contributed by atoms with Gasteiger partial charge in [0.05, 0.1) is 6.54 Å². The fraction of sp³-hybridized carbons (Fsp3) is 0.400. The van der Waals surface area contributed by atoms with E-state index in [2.05, 4.69) is 37.1 Å². The number of benzene rings is 1. The number of terminal acetylenes is 1. The van der Waals surface area contributed by atoms with Crippen LogP contribution in [-0.2, 0) is 11.2 Å². The summed E-state index contributed by atoms with van der Waals surface area (Å²) in [7, 11) is 0. The Morgan fingerprint density at radius 2 is 2.00 bits per heavy atom. The number of aryl methyl sites for hydroxylation is 2. The number of hydrogen-bond acceptors (Lipinski definition) is 1. The molecule has 0 fully saturated rings. The van der Waals surface area contributed by atoms with Gasteiger partial charge in [0, 0.05) is 13.0 Å². The maximum absolute atomic E-state index is 11.8. The Labute approximate surface area is 104 Å². The first kappa shape index (κ1) is 13.3. The molecule has 2 nitrogen and oxygen atoms in total. The highest BCUT2D eigenvalue weighted by atomic mass is 16.2. The van der Waals surface area contributed by atoms with Crippen molar-refractivity contribution in [1.29, 1.82) is 0 Å². The van der Waals surface area contributed by atoms with Gasteiger partial charge < -0.3 is 4.90 Å². The lowest BCUT2D eigenvalue weighted by Crippen LogP contribution is -2.31. The van der Waals surface area contributed by atoms with E-state index in [9.17, 15) is 4.79 Å². The van der Waals surface area contributed by atoms with Crippen molar-refractivity contribution < 1.29 is 4.79 Å². The molecule has 1 rings (SSSR count). The zero-order chi connectivity index (χ0) is 12.7. The summed E-state index contributed by atoms with van der Waals surface area (Å²) in [5, 5.41) is 0. The largest absolute Gasteiger partial charge is 0.332 e. The van der Waals surface area contributed by atoms with Crippen LogP contribution in [0.25, 0.3) is 0 Å². The van der Waals surface area contributed by atoms with Gasteiger partial charge in [0.25, 0.3) is 0 Å². The second-order valence-electron chi connectivity index (χ2n) is 4.10. The van der Waals surface area contributed by atoms with Crippen molar-refractivity contribution in [1.82, 2.24) is 4.90 Å². The van der Waals surface area contributed by atoms with Crippen molar-refractivity contribution in [2.24, 2.45) is 0 Å². The zero-order valence-corrected chi connectivity index (χ0v) is 10.6. The summed E-state index contributed by atoms with van der Waals surface area (Å²) in [6, 6.07) is 8.28. The molecule has 0 saturated carbocycles. The molecule has 1 aromatic carbocycles. The van der Waals surface area contributed by atoms with Crippen LogP contribution in [0.3, 0.4) is 0 Å². The monoisotopic (exact) mass is 229 g/mol. The van der Waals surface area contributed by atoms with Crippen LogP contribution in [0.5, 0.6) is 0 Å². The van der Waals surface area contributed by atoms with Gasteiger partial charge in [-0.05, 0) is 25.8 Å². The van der Waals surface area contributed by atoms with Gasteiger partial charge >= 0.3 is 0 Å². The van der Waals surface area contributed by atoms with E-state index in [0.29, 0.717) is 19.5 Å². The average Bonchev–Trinajstić information content (AvgIpc) is 2.35. The molecule has 0 aliphatic carbocycles. The second kappa shape index (κ2) is 6.75. The number of carbonyl (C=O) groups excluding carboxylic acids is 1. The highest BCUT2D eigenvalue weighted by Crippen LogP contribution is 2.07. The lowest BCUT2D eigenvalue weighted by molar-refractivity contribution is -0.130. The molecule has 90 valence electrons. The topological polar surface area (TPSA) is 20.3 Å². The fourth-order valence-electron chi connectivity index (χ4n) is 1.65. The number of hydrogen-bond donors (Lipinski definition) is 0. The lowest BCUT2D eigenvalue weighted by atomic mass is 10.1. The maximum Gasteiger partial charge on any atom is 0.223 e. The molecule has 0 heterocycles. The van der Waals surface area contributed by atoms with E-state index in [1.807, 2.05) is 6.92 Å². The van der Waals surface area contributed by atoms with Crippen LogP contribution in [0, 0.1) is 19.3 Å². The lowest BCUT2D eigenvalue weighted by Gasteiger charge is -2.17. The van der Waals surface area contributed by atoms with Crippen molar-refractivity contribution in [2.45, 2.75) is 26.7 Å². The fourth-order valence-corrected chi connectivity index (χ4v) is 1.65. The normalized spacial score (nSPS) is 9.71. The van der Waals surface area contributed by atoms with Gasteiger partial charge in [0.15, 0.2) is 0 Å². The molecule has 0 unspecified atom stereocenters. The first-order valence-corrected chi connectivity index (χ1v) is 5.94. The average molecular weight is 229 g/mol. The van der Waals surface area contributed by atoms with E-state index >= 15 is 0 Å². The van der Waals surface area contributed by atoms with Crippen molar-refractivity contribution in [3.8, 4) is 12.3 Å². The van der Waals surface area contributed by atoms with Gasteiger partial charge in [0.1, 0.15) is 0 Å². The summed E-state index contributed by atoms with van der Waals surface area (Å²) >= 11 is 0. The third kappa shape index (κ3) is 4.32. The summed E-state index contributed by atoms with van der Waals surface area (Å²) in [6.45, 7) is 5.09. The predicted octanol–water partition coefficient (Wildman–Crippen LogP) is 2.41. The van der Waals surface area contributed by atoms with Gasteiger partial charge in [-0.15, -0.1) is 6.42 Å². The Kier molecular flexibility index (Phi) is 5.29. The molecule has 1 amide bonds. The van der Waals surface area contributed by atoms with E-state index in [0.717, 1.165) is 6.42 Å². The minimum atomic E-state index is 0.131. The van der Waals surface area contributed by atoms with Crippen molar-refractivity contribution in [2.75, 3.05) is 13.1 Å². The molecule has 17 heavy (non-hydrogen) atoms. The molecule has 0 aromatic heterocycles. The number of amides is 1. The molecule has 0 atom stereocenters. The Hall–Kier alpha value is -1.75. The van der Waals surface area contributed by atoms with Gasteiger partial charge in [-0.2, -0.15) is 0 Å². The van der Waals surface area contributed by atoms with Crippen molar-refractivity contribution >= 4 is 5.91 Å². The summed E-state index contributed by atoms with van der Waals surface area (Å²) < 4.78 is 0. The van der Waals surface area contributed by atoms with Gasteiger partial charge in [-0.25, -0.2) is 0 Å². The molecule has 0 aliphatic heterocycles. The smallest absolute Gasteiger partial charge is 0.223 e. The SMILES string of the molecule is C#CCN(CC)C(=O)CCc1ccc(C)cc1. The van der Waals surface area contributed by atoms with Crippen molar-refractivity contribution in [3.63, 3.8) is 0 Å². The first-order chi connectivity index (χ1) is 8.17. The first-order valence-electron chi connectivity index (χ1n) is 5.94. The van der Waals surface area contributed by atoms with E-state index in [1.165, 1.54) is 11.1 Å². The third-order valence-corrected chi connectivity index (χ3v) is 2.76. The van der Waals surface area contributed by atoms with E-state index < -0.39 is 0 Å². The molecule has 0 N–H and O–H groups in total. The molecule has 0 saturated heterocycles. The number of carbonyl (C=O) groups is 1. The van der Waals surface area contributed by atoms with E-state index in [-0.39, 0.29) is 5.91 Å². The summed E-state index contributed by atoms with van der Waals surface area (Å²) in [5.41, 5.74) is 2.43. The molecule has 1 aromatic rings. The molecular weight excluding hydrogens is 210 g/mol. The van der Waals surface area contributed by atoms with Crippen LogP contribution in [0.1, 0.15) is 24.5 Å². The van der Waals surface area contributed by atoms with Gasteiger partial charge in [-0.3, -0.25) is 4.79 Å². The Morgan fingerprint density at radius 1 is 1.35 bits per heavy atom. The second-order valence-corrected chi connectivity index (χ2v) is 4.10. The minimum Gasteiger partial charge on any atom is -0.332 e. The minimum absolute atomic E-state index is 0.131. The molecular formula is C15H19NO. The van der Waals surface area contributed by atoms with Crippen LogP contribution in [0.4, 0.5) is 0 Å². The van der Waals surface area contributed by atoms with Crippen LogP contribution in [0.15, 0.2) is 24.3 Å². The van der Waals surface area contributed by atoms with E-state index in [4.69, 9.17) is 6.42 Å². The molecule has 0 bridgehead atoms. The van der Waals surface area contributed by atoms with E-state index in [1.54, 1.807) is 4.90 Å². The molecule has 0 radical (unpaired) electrons. The van der Waals surface area contributed by atoms with Gasteiger partial charge in [0.2, 0.25) is 5.91 Å². The molecule has 0 spiro atoms.